The van der Waals surface area contributed by atoms with E-state index in [1.807, 2.05) is 12.1 Å². The van der Waals surface area contributed by atoms with E-state index in [9.17, 15) is 4.79 Å². The molecule has 0 unspecified atom stereocenters. The molecule has 1 heterocycles. The number of rotatable bonds is 3. The lowest BCUT2D eigenvalue weighted by molar-refractivity contribution is 0.104. The molecule has 0 aliphatic carbocycles. The molecule has 0 aliphatic rings. The Labute approximate surface area is 109 Å². The van der Waals surface area contributed by atoms with Gasteiger partial charge in [0.15, 0.2) is 0 Å². The number of nitrogens with two attached hydrogens (primary N) is 1. The van der Waals surface area contributed by atoms with Crippen LogP contribution in [0.4, 0.5) is 5.69 Å². The number of carbonyl (C=O) groups excluding carboxylic acids is 1. The van der Waals surface area contributed by atoms with Gasteiger partial charge in [0.25, 0.3) is 0 Å². The molecule has 0 bridgehead atoms. The van der Waals surface area contributed by atoms with Gasteiger partial charge in [0, 0.05) is 10.4 Å². The van der Waals surface area contributed by atoms with E-state index in [1.165, 1.54) is 16.2 Å². The average molecular weight is 266 g/mol. The fraction of sp³-hybridized carbons (Fsp3) is 0.154. The Balaban J connectivity index is 2.33. The highest BCUT2D eigenvalue weighted by Crippen LogP contribution is 2.24. The van der Waals surface area contributed by atoms with Gasteiger partial charge in [0.1, 0.15) is 0 Å². The molecular weight excluding hydrogens is 254 g/mol. The molecule has 0 fully saturated rings. The second kappa shape index (κ2) is 4.90. The van der Waals surface area contributed by atoms with Crippen molar-refractivity contribution in [2.75, 3.05) is 5.73 Å². The summed E-state index contributed by atoms with van der Waals surface area (Å²) in [6, 6.07) is 8.81. The predicted molar refractivity (Wildman–Crippen MR) is 73.0 cm³/mol. The Hall–Kier alpha value is -1.32. The number of hydrogen-bond acceptors (Lipinski definition) is 3. The van der Waals surface area contributed by atoms with Crippen LogP contribution in [0.2, 0.25) is 5.02 Å². The Morgan fingerprint density at radius 3 is 2.71 bits per heavy atom. The van der Waals surface area contributed by atoms with Gasteiger partial charge in [-0.3, -0.25) is 4.79 Å². The Morgan fingerprint density at radius 2 is 2.12 bits per heavy atom. The van der Waals surface area contributed by atoms with Gasteiger partial charge in [-0.05, 0) is 36.8 Å². The normalized spacial score (nSPS) is 10.5. The Bertz CT molecular complexity index is 562. The summed E-state index contributed by atoms with van der Waals surface area (Å²) >= 11 is 7.35. The predicted octanol–water partition coefficient (Wildman–Crippen LogP) is 3.78. The maximum atomic E-state index is 12.2. The Kier molecular flexibility index (Phi) is 3.50. The second-order valence-corrected chi connectivity index (χ2v) is 5.26. The molecule has 0 amide bonds. The third-order valence-electron chi connectivity index (χ3n) is 2.49. The number of ketones is 1. The largest absolute Gasteiger partial charge is 0.398 e. The van der Waals surface area contributed by atoms with Crippen molar-refractivity contribution in [1.29, 1.82) is 0 Å². The molecule has 2 N–H and O–H groups in total. The maximum Gasteiger partial charge on any atom is 0.203 e. The van der Waals surface area contributed by atoms with Crippen molar-refractivity contribution >= 4 is 34.4 Å². The monoisotopic (exact) mass is 265 g/mol. The number of nitrogen functional groups attached to an aromatic ring is 1. The zero-order valence-electron chi connectivity index (χ0n) is 9.37. The number of benzene rings is 1. The first-order valence-corrected chi connectivity index (χ1v) is 6.49. The first kappa shape index (κ1) is 12.1. The van der Waals surface area contributed by atoms with Gasteiger partial charge in [-0.15, -0.1) is 11.3 Å². The van der Waals surface area contributed by atoms with E-state index in [1.54, 1.807) is 18.2 Å². The Morgan fingerprint density at radius 1 is 1.35 bits per heavy atom. The molecule has 0 atom stereocenters. The molecule has 1 aromatic carbocycles. The number of thiophene rings is 1. The molecule has 0 saturated heterocycles. The first-order chi connectivity index (χ1) is 8.11. The number of hydrogen-bond donors (Lipinski definition) is 1. The van der Waals surface area contributed by atoms with Crippen LogP contribution in [0.1, 0.15) is 27.0 Å². The van der Waals surface area contributed by atoms with Crippen molar-refractivity contribution in [3.8, 4) is 0 Å². The lowest BCUT2D eigenvalue weighted by Crippen LogP contribution is -1.99. The van der Waals surface area contributed by atoms with Crippen LogP contribution in [-0.2, 0) is 6.42 Å². The number of halogens is 1. The summed E-state index contributed by atoms with van der Waals surface area (Å²) in [7, 11) is 0. The summed E-state index contributed by atoms with van der Waals surface area (Å²) in [5.74, 6) is -0.00179. The molecule has 2 rings (SSSR count). The molecule has 0 radical (unpaired) electrons. The SMILES string of the molecule is CCc1ccc(C(=O)c2ccc(Cl)c(N)c2)s1. The van der Waals surface area contributed by atoms with Gasteiger partial charge >= 0.3 is 0 Å². The topological polar surface area (TPSA) is 43.1 Å². The lowest BCUT2D eigenvalue weighted by atomic mass is 10.1. The number of anilines is 1. The van der Waals surface area contributed by atoms with Crippen LogP contribution in [0.15, 0.2) is 30.3 Å². The highest BCUT2D eigenvalue weighted by molar-refractivity contribution is 7.14. The van der Waals surface area contributed by atoms with Crippen molar-refractivity contribution in [3.05, 3.63) is 50.7 Å². The molecule has 2 aromatic rings. The minimum atomic E-state index is -0.00179. The summed E-state index contributed by atoms with van der Waals surface area (Å²) in [5.41, 5.74) is 6.70. The molecule has 1 aromatic heterocycles. The van der Waals surface area contributed by atoms with Gasteiger partial charge in [0.2, 0.25) is 5.78 Å². The highest BCUT2D eigenvalue weighted by atomic mass is 35.5. The third kappa shape index (κ3) is 2.51. The number of carbonyl (C=O) groups is 1. The van der Waals surface area contributed by atoms with E-state index in [0.29, 0.717) is 16.3 Å². The summed E-state index contributed by atoms with van der Waals surface area (Å²) in [5, 5.41) is 0.474. The lowest BCUT2D eigenvalue weighted by Gasteiger charge is -2.01. The van der Waals surface area contributed by atoms with E-state index in [4.69, 9.17) is 17.3 Å². The summed E-state index contributed by atoms with van der Waals surface area (Å²) in [4.78, 5) is 14.1. The molecule has 4 heteroatoms. The van der Waals surface area contributed by atoms with Crippen molar-refractivity contribution in [3.63, 3.8) is 0 Å². The van der Waals surface area contributed by atoms with E-state index in [0.717, 1.165) is 11.3 Å². The second-order valence-electron chi connectivity index (χ2n) is 3.68. The minimum Gasteiger partial charge on any atom is -0.398 e. The summed E-state index contributed by atoms with van der Waals surface area (Å²) in [6.45, 7) is 2.07. The van der Waals surface area contributed by atoms with Crippen LogP contribution in [0.25, 0.3) is 0 Å². The van der Waals surface area contributed by atoms with Crippen LogP contribution in [0, 0.1) is 0 Å². The smallest absolute Gasteiger partial charge is 0.203 e. The fourth-order valence-corrected chi connectivity index (χ4v) is 2.54. The molecule has 17 heavy (non-hydrogen) atoms. The first-order valence-electron chi connectivity index (χ1n) is 5.30. The van der Waals surface area contributed by atoms with Crippen molar-refractivity contribution < 1.29 is 4.79 Å². The maximum absolute atomic E-state index is 12.2. The van der Waals surface area contributed by atoms with E-state index >= 15 is 0 Å². The fourth-order valence-electron chi connectivity index (χ4n) is 1.52. The quantitative estimate of drug-likeness (QED) is 0.678. The molecule has 0 spiro atoms. The molecule has 88 valence electrons. The molecule has 2 nitrogen and oxygen atoms in total. The van der Waals surface area contributed by atoms with Crippen LogP contribution in [0.5, 0.6) is 0 Å². The zero-order valence-corrected chi connectivity index (χ0v) is 10.9. The standard InChI is InChI=1S/C13H12ClNOS/c1-2-9-4-6-12(17-9)13(16)8-3-5-10(14)11(15)7-8/h3-7H,2,15H2,1H3. The van der Waals surface area contributed by atoms with E-state index < -0.39 is 0 Å². The van der Waals surface area contributed by atoms with Gasteiger partial charge in [-0.1, -0.05) is 18.5 Å². The third-order valence-corrected chi connectivity index (χ3v) is 4.06. The van der Waals surface area contributed by atoms with Crippen molar-refractivity contribution in [2.45, 2.75) is 13.3 Å². The van der Waals surface area contributed by atoms with Crippen LogP contribution in [0.3, 0.4) is 0 Å². The van der Waals surface area contributed by atoms with Gasteiger partial charge in [-0.25, -0.2) is 0 Å². The highest BCUT2D eigenvalue weighted by Gasteiger charge is 2.12. The molecule has 0 aliphatic heterocycles. The average Bonchev–Trinajstić information content (AvgIpc) is 2.80. The number of aryl methyl sites for hydroxylation is 1. The van der Waals surface area contributed by atoms with Crippen molar-refractivity contribution in [1.82, 2.24) is 0 Å². The van der Waals surface area contributed by atoms with Crippen LogP contribution >= 0.6 is 22.9 Å². The van der Waals surface area contributed by atoms with Crippen molar-refractivity contribution in [2.24, 2.45) is 0 Å². The van der Waals surface area contributed by atoms with E-state index in [-0.39, 0.29) is 5.78 Å². The molecular formula is C13H12ClNOS. The van der Waals surface area contributed by atoms with Gasteiger partial charge in [-0.2, -0.15) is 0 Å². The zero-order chi connectivity index (χ0) is 12.4. The summed E-state index contributed by atoms with van der Waals surface area (Å²) in [6.07, 6.45) is 0.945. The summed E-state index contributed by atoms with van der Waals surface area (Å²) < 4.78 is 0. The molecule has 0 saturated carbocycles. The van der Waals surface area contributed by atoms with Gasteiger partial charge < -0.3 is 5.73 Å². The van der Waals surface area contributed by atoms with Gasteiger partial charge in [0.05, 0.1) is 15.6 Å². The minimum absolute atomic E-state index is 0.00179. The van der Waals surface area contributed by atoms with Crippen LogP contribution in [-0.4, -0.2) is 5.78 Å². The van der Waals surface area contributed by atoms with E-state index in [2.05, 4.69) is 6.92 Å². The van der Waals surface area contributed by atoms with Crippen LogP contribution < -0.4 is 5.73 Å².